The monoisotopic (exact) mass is 546 g/mol. The second-order valence-corrected chi connectivity index (χ2v) is 13.1. The Hall–Kier alpha value is -2.57. The molecule has 0 unspecified atom stereocenters. The molecule has 2 aromatic rings. The molecule has 3 aliphatic carbocycles. The van der Waals surface area contributed by atoms with Crippen molar-refractivity contribution in [3.05, 3.63) is 53.6 Å². The number of aliphatic hydroxyl groups is 1. The normalized spacial score (nSPS) is 31.6. The summed E-state index contributed by atoms with van der Waals surface area (Å²) in [6.45, 7) is 5.78. The number of ether oxygens (including phenoxy) is 1. The van der Waals surface area contributed by atoms with Gasteiger partial charge in [0.15, 0.2) is 0 Å². The lowest BCUT2D eigenvalue weighted by molar-refractivity contribution is -0.116. The molecule has 4 aliphatic rings. The molecule has 6 rings (SSSR count). The molecule has 3 fully saturated rings. The van der Waals surface area contributed by atoms with Crippen molar-refractivity contribution in [3.63, 3.8) is 0 Å². The van der Waals surface area contributed by atoms with Crippen LogP contribution in [0.2, 0.25) is 0 Å². The molecule has 40 heavy (non-hydrogen) atoms. The van der Waals surface area contributed by atoms with E-state index in [0.717, 1.165) is 62.9 Å². The first kappa shape index (κ1) is 27.6. The number of aryl methyl sites for hydroxylation is 1. The van der Waals surface area contributed by atoms with E-state index < -0.39 is 0 Å². The van der Waals surface area contributed by atoms with Crippen LogP contribution in [0.15, 0.2) is 42.5 Å². The van der Waals surface area contributed by atoms with Crippen LogP contribution in [0.1, 0.15) is 88.2 Å². The highest BCUT2D eigenvalue weighted by molar-refractivity contribution is 5.90. The van der Waals surface area contributed by atoms with Crippen LogP contribution in [0.5, 0.6) is 11.5 Å². The van der Waals surface area contributed by atoms with Crippen molar-refractivity contribution >= 4 is 11.6 Å². The molecule has 0 bridgehead atoms. The van der Waals surface area contributed by atoms with Gasteiger partial charge in [-0.1, -0.05) is 19.4 Å². The predicted molar refractivity (Wildman–Crippen MR) is 158 cm³/mol. The van der Waals surface area contributed by atoms with Crippen LogP contribution in [-0.4, -0.2) is 52.9 Å². The fourth-order valence-electron chi connectivity index (χ4n) is 8.52. The number of benzene rings is 2. The molecule has 1 saturated heterocycles. The molecule has 2 saturated carbocycles. The molecule has 2 aromatic carbocycles. The third-order valence-electron chi connectivity index (χ3n) is 10.6. The quantitative estimate of drug-likeness (QED) is 0.341. The first-order valence-electron chi connectivity index (χ1n) is 15.7. The highest BCUT2D eigenvalue weighted by atomic mass is 16.5. The number of hydrogen-bond donors (Lipinski definition) is 3. The molecule has 216 valence electrons. The molecular weight excluding hydrogens is 500 g/mol. The Morgan fingerprint density at radius 3 is 2.65 bits per heavy atom. The van der Waals surface area contributed by atoms with Gasteiger partial charge in [-0.05, 0) is 137 Å². The highest BCUT2D eigenvalue weighted by Gasteiger charge is 2.58. The number of carbonyl (C=O) groups is 1. The number of aromatic hydroxyl groups is 1. The SMILES string of the molecule is C[C@]12C[C@H](Oc3ccc(NC(=O)CCCCN4CCCCC4)cc3)[C@@H]3c4ccc(O)cc4CC[C@H]3[C@@H]1CC[C@@H]2O. The van der Waals surface area contributed by atoms with E-state index in [0.29, 0.717) is 24.0 Å². The van der Waals surface area contributed by atoms with Crippen LogP contribution in [0, 0.1) is 17.3 Å². The Kier molecular flexibility index (Phi) is 8.09. The van der Waals surface area contributed by atoms with Gasteiger partial charge in [0.05, 0.1) is 6.10 Å². The minimum absolute atomic E-state index is 0.0528. The molecule has 6 atom stereocenters. The molecule has 1 amide bonds. The Balaban J connectivity index is 1.09. The molecule has 0 aromatic heterocycles. The van der Waals surface area contributed by atoms with Gasteiger partial charge in [-0.15, -0.1) is 0 Å². The first-order chi connectivity index (χ1) is 19.4. The van der Waals surface area contributed by atoms with E-state index in [4.69, 9.17) is 4.74 Å². The zero-order valence-corrected chi connectivity index (χ0v) is 24.0. The molecule has 6 heteroatoms. The summed E-state index contributed by atoms with van der Waals surface area (Å²) < 4.78 is 6.74. The number of hydrogen-bond acceptors (Lipinski definition) is 5. The maximum atomic E-state index is 12.5. The number of nitrogens with one attached hydrogen (secondary N) is 1. The second-order valence-electron chi connectivity index (χ2n) is 13.1. The van der Waals surface area contributed by atoms with Crippen LogP contribution < -0.4 is 10.1 Å². The van der Waals surface area contributed by atoms with Gasteiger partial charge in [0, 0.05) is 23.4 Å². The minimum Gasteiger partial charge on any atom is -0.508 e. The van der Waals surface area contributed by atoms with Crippen LogP contribution in [-0.2, 0) is 11.2 Å². The number of nitrogens with zero attached hydrogens (tertiary/aromatic N) is 1. The van der Waals surface area contributed by atoms with E-state index in [-0.39, 0.29) is 29.4 Å². The van der Waals surface area contributed by atoms with E-state index >= 15 is 0 Å². The number of fused-ring (bicyclic) bond motifs is 5. The zero-order chi connectivity index (χ0) is 27.7. The third-order valence-corrected chi connectivity index (χ3v) is 10.6. The van der Waals surface area contributed by atoms with E-state index in [2.05, 4.69) is 23.2 Å². The third kappa shape index (κ3) is 5.62. The second kappa shape index (κ2) is 11.7. The standard InChI is InChI=1S/C34H46N2O4/c1-34-22-30(33-27-15-11-25(37)21-23(27)8-14-28(33)29(34)16-17-31(34)38)40-26-12-9-24(10-13-26)35-32(39)7-3-6-20-36-18-4-2-5-19-36/h9-13,15,21,28-31,33,37-38H,2-8,14,16-20,22H2,1H3,(H,35,39)/t28-,29-,30-,31-,33+,34-/m0/s1. The van der Waals surface area contributed by atoms with Crippen molar-refractivity contribution in [2.45, 2.75) is 95.7 Å². The molecule has 3 N–H and O–H groups in total. The summed E-state index contributed by atoms with van der Waals surface area (Å²) >= 11 is 0. The summed E-state index contributed by atoms with van der Waals surface area (Å²) in [6, 6.07) is 13.6. The van der Waals surface area contributed by atoms with E-state index in [1.54, 1.807) is 6.07 Å². The van der Waals surface area contributed by atoms with Crippen molar-refractivity contribution in [2.75, 3.05) is 25.0 Å². The summed E-state index contributed by atoms with van der Waals surface area (Å²) in [4.78, 5) is 15.1. The van der Waals surface area contributed by atoms with Gasteiger partial charge in [0.25, 0.3) is 0 Å². The maximum absolute atomic E-state index is 12.5. The van der Waals surface area contributed by atoms with Crippen LogP contribution in [0.25, 0.3) is 0 Å². The average molecular weight is 547 g/mol. The summed E-state index contributed by atoms with van der Waals surface area (Å²) in [5, 5.41) is 24.2. The number of phenolic OH excluding ortho intramolecular Hbond substituents is 1. The number of phenols is 1. The Bertz CT molecular complexity index is 1180. The number of anilines is 1. The van der Waals surface area contributed by atoms with Gasteiger partial charge in [-0.2, -0.15) is 0 Å². The number of aliphatic hydroxyl groups excluding tert-OH is 1. The van der Waals surface area contributed by atoms with Gasteiger partial charge in [0.1, 0.15) is 17.6 Å². The molecule has 0 radical (unpaired) electrons. The fraction of sp³-hybridized carbons (Fsp3) is 0.618. The Labute approximate surface area is 239 Å². The van der Waals surface area contributed by atoms with Gasteiger partial charge in [0.2, 0.25) is 5.91 Å². The van der Waals surface area contributed by atoms with Crippen LogP contribution in [0.3, 0.4) is 0 Å². The number of likely N-dealkylation sites (tertiary alicyclic amines) is 1. The Morgan fingerprint density at radius 2 is 1.85 bits per heavy atom. The van der Waals surface area contributed by atoms with Crippen molar-refractivity contribution in [2.24, 2.45) is 17.3 Å². The van der Waals surface area contributed by atoms with Gasteiger partial charge in [-0.25, -0.2) is 0 Å². The lowest BCUT2D eigenvalue weighted by Gasteiger charge is -2.53. The maximum Gasteiger partial charge on any atom is 0.224 e. The zero-order valence-electron chi connectivity index (χ0n) is 24.0. The summed E-state index contributed by atoms with van der Waals surface area (Å²) in [7, 11) is 0. The smallest absolute Gasteiger partial charge is 0.224 e. The molecule has 1 heterocycles. The Morgan fingerprint density at radius 1 is 1.05 bits per heavy atom. The predicted octanol–water partition coefficient (Wildman–Crippen LogP) is 6.26. The lowest BCUT2D eigenvalue weighted by atomic mass is 9.54. The summed E-state index contributed by atoms with van der Waals surface area (Å²) in [6.07, 6.45) is 11.0. The lowest BCUT2D eigenvalue weighted by Crippen LogP contribution is -2.51. The summed E-state index contributed by atoms with van der Waals surface area (Å²) in [5.41, 5.74) is 3.19. The van der Waals surface area contributed by atoms with Gasteiger partial charge in [-0.3, -0.25) is 4.79 Å². The molecule has 1 aliphatic heterocycles. The first-order valence-corrected chi connectivity index (χ1v) is 15.7. The molecular formula is C34H46N2O4. The van der Waals surface area contributed by atoms with Crippen molar-refractivity contribution in [1.29, 1.82) is 0 Å². The van der Waals surface area contributed by atoms with Crippen LogP contribution >= 0.6 is 0 Å². The average Bonchev–Trinajstić information content (AvgIpc) is 3.26. The van der Waals surface area contributed by atoms with E-state index in [1.807, 2.05) is 30.3 Å². The van der Waals surface area contributed by atoms with Crippen molar-refractivity contribution in [3.8, 4) is 11.5 Å². The number of rotatable bonds is 8. The van der Waals surface area contributed by atoms with Crippen LogP contribution in [0.4, 0.5) is 5.69 Å². The van der Waals surface area contributed by atoms with E-state index in [9.17, 15) is 15.0 Å². The number of amides is 1. The largest absolute Gasteiger partial charge is 0.508 e. The van der Waals surface area contributed by atoms with Crippen molar-refractivity contribution in [1.82, 2.24) is 4.90 Å². The topological polar surface area (TPSA) is 82.0 Å². The number of piperidine rings is 1. The van der Waals surface area contributed by atoms with E-state index in [1.165, 1.54) is 43.5 Å². The number of unbranched alkanes of at least 4 members (excludes halogenated alkanes) is 1. The highest BCUT2D eigenvalue weighted by Crippen LogP contribution is 2.61. The van der Waals surface area contributed by atoms with Gasteiger partial charge >= 0.3 is 0 Å². The number of carbonyl (C=O) groups excluding carboxylic acids is 1. The summed E-state index contributed by atoms with van der Waals surface area (Å²) in [5.74, 6) is 2.39. The fourth-order valence-corrected chi connectivity index (χ4v) is 8.52. The van der Waals surface area contributed by atoms with Crippen molar-refractivity contribution < 1.29 is 19.7 Å². The minimum atomic E-state index is -0.289. The van der Waals surface area contributed by atoms with Gasteiger partial charge < -0.3 is 25.2 Å². The molecule has 0 spiro atoms. The molecule has 6 nitrogen and oxygen atoms in total.